The number of rotatable bonds is 13. The van der Waals surface area contributed by atoms with Crippen molar-refractivity contribution in [2.24, 2.45) is 0 Å². The van der Waals surface area contributed by atoms with E-state index in [0.29, 0.717) is 5.75 Å². The average Bonchev–Trinajstić information content (AvgIpc) is 2.50. The third kappa shape index (κ3) is 12.4. The Kier molecular flexibility index (Phi) is 15.6. The molecule has 0 aliphatic carbocycles. The molecule has 0 unspecified atom stereocenters. The molecule has 128 valence electrons. The summed E-state index contributed by atoms with van der Waals surface area (Å²) in [6.07, 6.45) is 17.4. The van der Waals surface area contributed by atoms with Crippen molar-refractivity contribution in [3.05, 3.63) is 29.8 Å². The van der Waals surface area contributed by atoms with Crippen molar-refractivity contribution >= 4 is 11.8 Å². The van der Waals surface area contributed by atoms with Gasteiger partial charge in [-0.2, -0.15) is 0 Å². The van der Waals surface area contributed by atoms with Crippen molar-refractivity contribution < 1.29 is 22.1 Å². The number of phenols is 1. The molecule has 0 saturated carbocycles. The van der Waals surface area contributed by atoms with Crippen LogP contribution in [0.4, 0.5) is 0 Å². The van der Waals surface area contributed by atoms with E-state index in [1.54, 1.807) is 23.9 Å². The lowest BCUT2D eigenvalue weighted by Gasteiger charge is -2.03. The standard InChI is InChI=1S/C19H32OS.BrH/c1-21-17-11-9-7-5-3-2-4-6-8-10-12-18-13-15-19(20)16-14-18;/h13-16,20H,2-12,17H2,1H3;1H. The fraction of sp³-hybridized carbons (Fsp3) is 0.684. The van der Waals surface area contributed by atoms with Gasteiger partial charge in [-0.25, -0.2) is 0 Å². The lowest BCUT2D eigenvalue weighted by atomic mass is 10.0. The minimum Gasteiger partial charge on any atom is -1.00 e. The zero-order chi connectivity index (χ0) is 15.2. The number of phenolic OH excluding ortho intramolecular Hbond substituents is 1. The quantitative estimate of drug-likeness (QED) is 0.312. The zero-order valence-electron chi connectivity index (χ0n) is 14.1. The van der Waals surface area contributed by atoms with Crippen molar-refractivity contribution in [2.75, 3.05) is 12.0 Å². The maximum absolute atomic E-state index is 9.23. The molecule has 1 aromatic rings. The van der Waals surface area contributed by atoms with Crippen molar-refractivity contribution in [3.8, 4) is 5.75 Å². The molecule has 22 heavy (non-hydrogen) atoms. The summed E-state index contributed by atoms with van der Waals surface area (Å²) < 4.78 is 0. The highest BCUT2D eigenvalue weighted by atomic mass is 79.9. The molecule has 0 aliphatic heterocycles. The molecule has 1 nitrogen and oxygen atoms in total. The first-order chi connectivity index (χ1) is 10.3. The number of hydrogen-bond donors (Lipinski definition) is 1. The Labute approximate surface area is 152 Å². The van der Waals surface area contributed by atoms with Gasteiger partial charge in [-0.15, -0.1) is 0 Å². The van der Waals surface area contributed by atoms with E-state index in [0.717, 1.165) is 6.42 Å². The Morgan fingerprint density at radius 1 is 0.727 bits per heavy atom. The smallest absolute Gasteiger partial charge is 0.115 e. The molecular weight excluding hydrogens is 356 g/mol. The van der Waals surface area contributed by atoms with Crippen LogP contribution in [0.5, 0.6) is 5.75 Å². The molecule has 1 rings (SSSR count). The van der Waals surface area contributed by atoms with Crippen LogP contribution in [0.3, 0.4) is 0 Å². The highest BCUT2D eigenvalue weighted by molar-refractivity contribution is 7.77. The maximum atomic E-state index is 9.23. The minimum atomic E-state index is 0. The number of aromatic hydroxyl groups is 1. The normalized spacial score (nSPS) is 10.4. The van der Waals surface area contributed by atoms with E-state index in [-0.39, 0.29) is 17.0 Å². The van der Waals surface area contributed by atoms with E-state index >= 15 is 0 Å². The van der Waals surface area contributed by atoms with Crippen LogP contribution in [0.1, 0.15) is 69.8 Å². The van der Waals surface area contributed by atoms with Gasteiger partial charge in [0.2, 0.25) is 0 Å². The Bertz CT molecular complexity index is 340. The molecule has 0 heterocycles. The van der Waals surface area contributed by atoms with E-state index in [1.165, 1.54) is 75.5 Å². The number of aryl methyl sites for hydroxylation is 1. The molecule has 3 heteroatoms. The van der Waals surface area contributed by atoms with Gasteiger partial charge in [0, 0.05) is 0 Å². The molecule has 0 atom stereocenters. The molecule has 0 aromatic heterocycles. The molecule has 0 amide bonds. The molecule has 0 radical (unpaired) electrons. The van der Waals surface area contributed by atoms with Gasteiger partial charge in [-0.05, 0) is 55.1 Å². The van der Waals surface area contributed by atoms with Crippen molar-refractivity contribution in [2.45, 2.75) is 70.6 Å². The largest absolute Gasteiger partial charge is 1.00 e. The summed E-state index contributed by atoms with van der Waals surface area (Å²) in [7, 11) is 0. The lowest BCUT2D eigenvalue weighted by Crippen LogP contribution is -3.00. The molecule has 0 saturated heterocycles. The summed E-state index contributed by atoms with van der Waals surface area (Å²) in [4.78, 5) is 0. The summed E-state index contributed by atoms with van der Waals surface area (Å²) in [5.74, 6) is 1.76. The van der Waals surface area contributed by atoms with E-state index in [4.69, 9.17) is 0 Å². The zero-order valence-corrected chi connectivity index (χ0v) is 16.5. The second-order valence-electron chi connectivity index (χ2n) is 5.99. The van der Waals surface area contributed by atoms with Crippen molar-refractivity contribution in [3.63, 3.8) is 0 Å². The topological polar surface area (TPSA) is 20.2 Å². The van der Waals surface area contributed by atoms with E-state index in [2.05, 4.69) is 6.26 Å². The first-order valence-corrected chi connectivity index (χ1v) is 10.2. The van der Waals surface area contributed by atoms with Crippen LogP contribution in [0, 0.1) is 0 Å². The van der Waals surface area contributed by atoms with Gasteiger partial charge >= 0.3 is 0 Å². The number of unbranched alkanes of at least 4 members (excludes halogenated alkanes) is 9. The van der Waals surface area contributed by atoms with Gasteiger partial charge in [-0.3, -0.25) is 0 Å². The van der Waals surface area contributed by atoms with E-state index < -0.39 is 0 Å². The fourth-order valence-corrected chi connectivity index (χ4v) is 3.22. The lowest BCUT2D eigenvalue weighted by molar-refractivity contribution is -0.00000552. The summed E-state index contributed by atoms with van der Waals surface area (Å²) in [5.41, 5.74) is 1.35. The third-order valence-corrected chi connectivity index (χ3v) is 4.80. The second-order valence-corrected chi connectivity index (χ2v) is 7.07. The van der Waals surface area contributed by atoms with Crippen LogP contribution >= 0.6 is 0 Å². The van der Waals surface area contributed by atoms with Crippen LogP contribution in [0.2, 0.25) is 0 Å². The molecule has 0 fully saturated rings. The fourth-order valence-electron chi connectivity index (χ4n) is 2.68. The Morgan fingerprint density at radius 2 is 1.18 bits per heavy atom. The van der Waals surface area contributed by atoms with Gasteiger partial charge in [0.25, 0.3) is 0 Å². The number of benzene rings is 1. The summed E-state index contributed by atoms with van der Waals surface area (Å²) >= 11 is 1.56. The molecule has 1 N–H and O–H groups in total. The Balaban J connectivity index is 0.00000441. The van der Waals surface area contributed by atoms with Crippen molar-refractivity contribution in [1.82, 2.24) is 0 Å². The number of halogens is 1. The molecule has 0 bridgehead atoms. The predicted molar refractivity (Wildman–Crippen MR) is 97.5 cm³/mol. The van der Waals surface area contributed by atoms with Gasteiger partial charge in [0.05, 0.1) is 6.26 Å². The van der Waals surface area contributed by atoms with Crippen LogP contribution in [0.15, 0.2) is 24.3 Å². The monoisotopic (exact) mass is 388 g/mol. The SMILES string of the molecule is C[SH+]CCCCCCCCCCCCc1ccc(O)cc1.[Br-]. The van der Waals surface area contributed by atoms with E-state index in [1.807, 2.05) is 12.1 Å². The summed E-state index contributed by atoms with van der Waals surface area (Å²) in [6, 6.07) is 7.64. The van der Waals surface area contributed by atoms with Gasteiger partial charge < -0.3 is 22.1 Å². The third-order valence-electron chi connectivity index (χ3n) is 4.03. The Hall–Kier alpha value is -0.150. The molecule has 1 aromatic carbocycles. The first kappa shape index (κ1) is 21.9. The van der Waals surface area contributed by atoms with Crippen LogP contribution in [0.25, 0.3) is 0 Å². The predicted octanol–water partition coefficient (Wildman–Crippen LogP) is 2.28. The minimum absolute atomic E-state index is 0. The van der Waals surface area contributed by atoms with Gasteiger partial charge in [0.1, 0.15) is 11.5 Å². The van der Waals surface area contributed by atoms with E-state index in [9.17, 15) is 5.11 Å². The molecular formula is C19H33BrOS. The second kappa shape index (κ2) is 15.7. The molecule has 0 aliphatic rings. The van der Waals surface area contributed by atoms with Crippen LogP contribution in [-0.2, 0) is 18.2 Å². The van der Waals surface area contributed by atoms with Crippen molar-refractivity contribution in [1.29, 1.82) is 0 Å². The van der Waals surface area contributed by atoms with Gasteiger partial charge in [-0.1, -0.05) is 57.1 Å². The molecule has 0 spiro atoms. The highest BCUT2D eigenvalue weighted by Gasteiger charge is 1.96. The summed E-state index contributed by atoms with van der Waals surface area (Å²) in [6.45, 7) is 0. The Morgan fingerprint density at radius 3 is 1.68 bits per heavy atom. The summed E-state index contributed by atoms with van der Waals surface area (Å²) in [5, 5.41) is 9.23. The number of thiol groups is 1. The maximum Gasteiger partial charge on any atom is 0.115 e. The number of hydrogen-bond acceptors (Lipinski definition) is 1. The first-order valence-electron chi connectivity index (χ1n) is 8.66. The highest BCUT2D eigenvalue weighted by Crippen LogP contribution is 2.14. The van der Waals surface area contributed by atoms with Crippen LogP contribution < -0.4 is 17.0 Å². The van der Waals surface area contributed by atoms with Gasteiger partial charge in [0.15, 0.2) is 0 Å². The average molecular weight is 389 g/mol. The van der Waals surface area contributed by atoms with Crippen LogP contribution in [-0.4, -0.2) is 17.1 Å².